The molecule has 0 aliphatic heterocycles. The molecule has 0 fully saturated rings. The van der Waals surface area contributed by atoms with Crippen molar-refractivity contribution >= 4 is 11.7 Å². The summed E-state index contributed by atoms with van der Waals surface area (Å²) in [5, 5.41) is 0. The molecular weight excluding hydrogens is 168 g/mol. The lowest BCUT2D eigenvalue weighted by molar-refractivity contribution is -0.142. The number of carbonyl (C=O) groups is 1. The molecule has 1 aromatic rings. The number of carbonyl (C=O) groups excluding carboxylic acids is 1. The number of nitrogens with zero attached hydrogens (tertiary/aromatic N) is 1. The van der Waals surface area contributed by atoms with Gasteiger partial charge in [-0.2, -0.15) is 0 Å². The minimum absolute atomic E-state index is 0.211. The highest BCUT2D eigenvalue weighted by Gasteiger charge is 2.05. The van der Waals surface area contributed by atoms with E-state index in [1.165, 1.54) is 6.20 Å². The van der Waals surface area contributed by atoms with Crippen molar-refractivity contribution in [2.24, 2.45) is 0 Å². The summed E-state index contributed by atoms with van der Waals surface area (Å²) in [7, 11) is 0. The first-order chi connectivity index (χ1) is 6.24. The molecule has 0 radical (unpaired) electrons. The van der Waals surface area contributed by atoms with Crippen molar-refractivity contribution in [1.82, 2.24) is 4.98 Å². The van der Waals surface area contributed by atoms with Crippen LogP contribution in [0, 0.1) is 0 Å². The lowest BCUT2D eigenvalue weighted by Gasteiger charge is -2.03. The molecule has 0 amide bonds. The van der Waals surface area contributed by atoms with E-state index in [2.05, 4.69) is 4.98 Å². The molecule has 1 heterocycles. The number of nitrogens with two attached hydrogens (primary N) is 1. The second kappa shape index (κ2) is 4.45. The number of anilines is 1. The van der Waals surface area contributed by atoms with Crippen LogP contribution in [-0.2, 0) is 16.0 Å². The van der Waals surface area contributed by atoms with Gasteiger partial charge in [-0.05, 0) is 18.6 Å². The third kappa shape index (κ3) is 2.74. The number of hydrogen-bond donors (Lipinski definition) is 1. The second-order valence-corrected chi connectivity index (χ2v) is 2.56. The topological polar surface area (TPSA) is 65.2 Å². The zero-order valence-corrected chi connectivity index (χ0v) is 7.49. The number of hydrogen-bond acceptors (Lipinski definition) is 4. The van der Waals surface area contributed by atoms with E-state index in [4.69, 9.17) is 10.5 Å². The average Bonchev–Trinajstić information content (AvgIpc) is 2.09. The van der Waals surface area contributed by atoms with Gasteiger partial charge >= 0.3 is 5.97 Å². The zero-order chi connectivity index (χ0) is 9.68. The van der Waals surface area contributed by atoms with Crippen molar-refractivity contribution in [2.45, 2.75) is 13.3 Å². The fraction of sp³-hybridized carbons (Fsp3) is 0.333. The van der Waals surface area contributed by atoms with Gasteiger partial charge in [0, 0.05) is 6.20 Å². The Morgan fingerprint density at radius 3 is 3.08 bits per heavy atom. The van der Waals surface area contributed by atoms with Crippen LogP contribution in [-0.4, -0.2) is 17.6 Å². The molecule has 0 aliphatic carbocycles. The van der Waals surface area contributed by atoms with Crippen LogP contribution in [0.25, 0.3) is 0 Å². The van der Waals surface area contributed by atoms with Crippen LogP contribution in [0.1, 0.15) is 12.5 Å². The minimum atomic E-state index is -0.264. The summed E-state index contributed by atoms with van der Waals surface area (Å²) < 4.78 is 4.79. The Morgan fingerprint density at radius 1 is 1.69 bits per heavy atom. The lowest BCUT2D eigenvalue weighted by Crippen LogP contribution is -2.09. The Morgan fingerprint density at radius 2 is 2.46 bits per heavy atom. The normalized spacial score (nSPS) is 9.62. The predicted molar refractivity (Wildman–Crippen MR) is 49.0 cm³/mol. The molecule has 0 saturated heterocycles. The van der Waals surface area contributed by atoms with Gasteiger partial charge in [0.25, 0.3) is 0 Å². The van der Waals surface area contributed by atoms with Crippen molar-refractivity contribution in [3.8, 4) is 0 Å². The quantitative estimate of drug-likeness (QED) is 0.698. The molecule has 0 aliphatic rings. The molecule has 4 heteroatoms. The third-order valence-corrected chi connectivity index (χ3v) is 1.59. The van der Waals surface area contributed by atoms with E-state index in [9.17, 15) is 4.79 Å². The highest BCUT2D eigenvalue weighted by atomic mass is 16.5. The van der Waals surface area contributed by atoms with Gasteiger partial charge in [-0.15, -0.1) is 0 Å². The summed E-state index contributed by atoms with van der Waals surface area (Å²) in [6, 6.07) is 1.71. The molecule has 0 spiro atoms. The molecule has 0 bridgehead atoms. The monoisotopic (exact) mass is 180 g/mol. The predicted octanol–water partition coefficient (Wildman–Crippen LogP) is 0.769. The van der Waals surface area contributed by atoms with Crippen LogP contribution in [0.15, 0.2) is 18.5 Å². The van der Waals surface area contributed by atoms with Crippen LogP contribution >= 0.6 is 0 Å². The van der Waals surface area contributed by atoms with Crippen LogP contribution in [0.5, 0.6) is 0 Å². The van der Waals surface area contributed by atoms with E-state index in [1.54, 1.807) is 19.2 Å². The fourth-order valence-corrected chi connectivity index (χ4v) is 0.964. The van der Waals surface area contributed by atoms with Gasteiger partial charge in [-0.25, -0.2) is 0 Å². The first-order valence-electron chi connectivity index (χ1n) is 4.08. The van der Waals surface area contributed by atoms with Crippen molar-refractivity contribution in [3.63, 3.8) is 0 Å². The van der Waals surface area contributed by atoms with Crippen molar-refractivity contribution in [3.05, 3.63) is 24.0 Å². The van der Waals surface area contributed by atoms with E-state index in [0.29, 0.717) is 12.3 Å². The summed E-state index contributed by atoms with van der Waals surface area (Å²) >= 11 is 0. The van der Waals surface area contributed by atoms with Gasteiger partial charge in [-0.1, -0.05) is 0 Å². The molecular formula is C9H12N2O2. The Labute approximate surface area is 76.7 Å². The van der Waals surface area contributed by atoms with Crippen LogP contribution in [0.3, 0.4) is 0 Å². The summed E-state index contributed by atoms with van der Waals surface area (Å²) in [5.74, 6) is -0.264. The maximum absolute atomic E-state index is 11.1. The maximum atomic E-state index is 11.1. The Hall–Kier alpha value is -1.58. The molecule has 0 atom stereocenters. The van der Waals surface area contributed by atoms with Gasteiger partial charge in [0.1, 0.15) is 0 Å². The highest BCUT2D eigenvalue weighted by molar-refractivity contribution is 5.74. The maximum Gasteiger partial charge on any atom is 0.310 e. The van der Waals surface area contributed by atoms with E-state index in [0.717, 1.165) is 5.56 Å². The van der Waals surface area contributed by atoms with E-state index in [-0.39, 0.29) is 12.4 Å². The summed E-state index contributed by atoms with van der Waals surface area (Å²) in [5.41, 5.74) is 6.88. The zero-order valence-electron chi connectivity index (χ0n) is 7.49. The first-order valence-corrected chi connectivity index (χ1v) is 4.08. The Kier molecular flexibility index (Phi) is 3.25. The summed E-state index contributed by atoms with van der Waals surface area (Å²) in [6.07, 6.45) is 3.33. The van der Waals surface area contributed by atoms with Gasteiger partial charge in [0.05, 0.1) is 24.9 Å². The van der Waals surface area contributed by atoms with Gasteiger partial charge in [0.2, 0.25) is 0 Å². The standard InChI is InChI=1S/C9H12N2O2/c1-2-13-9(12)5-7-3-4-11-6-8(7)10/h3-4,6H,2,5,10H2,1H3. The first kappa shape index (κ1) is 9.51. The molecule has 1 rings (SSSR count). The van der Waals surface area contributed by atoms with Crippen LogP contribution in [0.4, 0.5) is 5.69 Å². The smallest absolute Gasteiger partial charge is 0.310 e. The lowest BCUT2D eigenvalue weighted by atomic mass is 10.2. The minimum Gasteiger partial charge on any atom is -0.466 e. The average molecular weight is 180 g/mol. The molecule has 0 aromatic carbocycles. The number of esters is 1. The molecule has 2 N–H and O–H groups in total. The van der Waals surface area contributed by atoms with E-state index >= 15 is 0 Å². The largest absolute Gasteiger partial charge is 0.466 e. The highest BCUT2D eigenvalue weighted by Crippen LogP contribution is 2.09. The summed E-state index contributed by atoms with van der Waals surface area (Å²) in [4.78, 5) is 14.9. The van der Waals surface area contributed by atoms with Crippen molar-refractivity contribution in [2.75, 3.05) is 12.3 Å². The molecule has 70 valence electrons. The number of nitrogen functional groups attached to an aromatic ring is 1. The van der Waals surface area contributed by atoms with Crippen LogP contribution in [0.2, 0.25) is 0 Å². The molecule has 4 nitrogen and oxygen atoms in total. The molecule has 0 unspecified atom stereocenters. The Bertz CT molecular complexity index is 299. The third-order valence-electron chi connectivity index (χ3n) is 1.59. The number of aromatic nitrogens is 1. The molecule has 1 aromatic heterocycles. The number of rotatable bonds is 3. The Balaban J connectivity index is 2.63. The second-order valence-electron chi connectivity index (χ2n) is 2.56. The van der Waals surface area contributed by atoms with Crippen LogP contribution < -0.4 is 5.73 Å². The molecule has 0 saturated carbocycles. The van der Waals surface area contributed by atoms with E-state index < -0.39 is 0 Å². The number of pyridine rings is 1. The van der Waals surface area contributed by atoms with Gasteiger partial charge in [-0.3, -0.25) is 9.78 Å². The van der Waals surface area contributed by atoms with Crippen molar-refractivity contribution in [1.29, 1.82) is 0 Å². The van der Waals surface area contributed by atoms with Crippen molar-refractivity contribution < 1.29 is 9.53 Å². The fourth-order valence-electron chi connectivity index (χ4n) is 0.964. The van der Waals surface area contributed by atoms with Gasteiger partial charge < -0.3 is 10.5 Å². The number of ether oxygens (including phenoxy) is 1. The molecule has 13 heavy (non-hydrogen) atoms. The van der Waals surface area contributed by atoms with Gasteiger partial charge in [0.15, 0.2) is 0 Å². The SMILES string of the molecule is CCOC(=O)Cc1ccncc1N. The van der Waals surface area contributed by atoms with E-state index in [1.807, 2.05) is 0 Å². The summed E-state index contributed by atoms with van der Waals surface area (Å²) in [6.45, 7) is 2.16.